The number of aromatic nitrogens is 3. The molecule has 0 aliphatic carbocycles. The molecule has 0 saturated carbocycles. The smallest absolute Gasteiger partial charge is 0.230 e. The number of fused-ring (bicyclic) bond motifs is 1. The van der Waals surface area contributed by atoms with Crippen molar-refractivity contribution in [2.75, 3.05) is 12.4 Å². The lowest BCUT2D eigenvalue weighted by atomic mass is 10.0. The predicted octanol–water partition coefficient (Wildman–Crippen LogP) is 3.77. The number of aromatic amines is 1. The number of ether oxygens (including phenoxy) is 2. The fraction of sp³-hybridized carbons (Fsp3) is 0.250. The molecule has 0 unspecified atom stereocenters. The summed E-state index contributed by atoms with van der Waals surface area (Å²) in [7, 11) is 0. The number of para-hydroxylation sites is 1. The zero-order chi connectivity index (χ0) is 20.1. The molecule has 1 aliphatic rings. The topological polar surface area (TPSA) is 89.1 Å². The summed E-state index contributed by atoms with van der Waals surface area (Å²) in [6.45, 7) is 0.841. The van der Waals surface area contributed by atoms with E-state index in [0.717, 1.165) is 17.7 Å². The second-order valence-electron chi connectivity index (χ2n) is 6.39. The van der Waals surface area contributed by atoms with Gasteiger partial charge in [0.1, 0.15) is 18.1 Å². The van der Waals surface area contributed by atoms with Crippen molar-refractivity contribution in [1.82, 2.24) is 20.5 Å². The standard InChI is InChI=1S/C20H19ClN4O3S/c21-13-5-7-14(8-6-13)28-11-18-23-20(25-24-18)29-12-19(26)22-16-9-10-27-17-4-2-1-3-15(16)17/h1-8,16H,9-12H2,(H,22,26)(H,23,24,25)/t16-/m0/s1. The van der Waals surface area contributed by atoms with Crippen LogP contribution in [0.2, 0.25) is 5.02 Å². The number of hydrogen-bond donors (Lipinski definition) is 2. The van der Waals surface area contributed by atoms with Crippen molar-refractivity contribution in [3.63, 3.8) is 0 Å². The number of hydrogen-bond acceptors (Lipinski definition) is 6. The molecule has 0 bridgehead atoms. The van der Waals surface area contributed by atoms with Crippen LogP contribution in [0.4, 0.5) is 0 Å². The van der Waals surface area contributed by atoms with Crippen LogP contribution in [0.15, 0.2) is 53.7 Å². The second kappa shape index (κ2) is 9.19. The lowest BCUT2D eigenvalue weighted by Crippen LogP contribution is -2.33. The second-order valence-corrected chi connectivity index (χ2v) is 7.77. The van der Waals surface area contributed by atoms with Crippen molar-refractivity contribution in [2.24, 2.45) is 0 Å². The van der Waals surface area contributed by atoms with Crippen molar-refractivity contribution in [3.05, 3.63) is 64.9 Å². The zero-order valence-corrected chi connectivity index (χ0v) is 17.0. The van der Waals surface area contributed by atoms with Gasteiger partial charge in [-0.25, -0.2) is 4.98 Å². The molecule has 2 aromatic carbocycles. The summed E-state index contributed by atoms with van der Waals surface area (Å²) < 4.78 is 11.3. The summed E-state index contributed by atoms with van der Waals surface area (Å²) in [5.41, 5.74) is 1.01. The summed E-state index contributed by atoms with van der Waals surface area (Å²) in [5, 5.41) is 11.2. The van der Waals surface area contributed by atoms with Gasteiger partial charge in [-0.3, -0.25) is 9.89 Å². The average molecular weight is 431 g/mol. The minimum atomic E-state index is -0.0690. The molecule has 1 amide bonds. The van der Waals surface area contributed by atoms with E-state index in [1.54, 1.807) is 24.3 Å². The van der Waals surface area contributed by atoms with Crippen molar-refractivity contribution < 1.29 is 14.3 Å². The van der Waals surface area contributed by atoms with Gasteiger partial charge in [0, 0.05) is 17.0 Å². The van der Waals surface area contributed by atoms with Crippen LogP contribution in [-0.2, 0) is 11.4 Å². The van der Waals surface area contributed by atoms with E-state index in [-0.39, 0.29) is 24.3 Å². The number of halogens is 1. The molecule has 2 heterocycles. The molecule has 0 fully saturated rings. The van der Waals surface area contributed by atoms with Crippen molar-refractivity contribution in [1.29, 1.82) is 0 Å². The molecule has 2 N–H and O–H groups in total. The molecule has 9 heteroatoms. The van der Waals surface area contributed by atoms with Crippen LogP contribution in [0.1, 0.15) is 23.9 Å². The third-order valence-electron chi connectivity index (χ3n) is 4.33. The molecule has 1 aromatic heterocycles. The number of rotatable bonds is 7. The van der Waals surface area contributed by atoms with Crippen LogP contribution >= 0.6 is 23.4 Å². The van der Waals surface area contributed by atoms with E-state index in [1.165, 1.54) is 11.8 Å². The van der Waals surface area contributed by atoms with E-state index >= 15 is 0 Å². The molecule has 1 aliphatic heterocycles. The van der Waals surface area contributed by atoms with Crippen LogP contribution < -0.4 is 14.8 Å². The highest BCUT2D eigenvalue weighted by atomic mass is 35.5. The highest BCUT2D eigenvalue weighted by molar-refractivity contribution is 7.99. The maximum absolute atomic E-state index is 12.4. The predicted molar refractivity (Wildman–Crippen MR) is 110 cm³/mol. The van der Waals surface area contributed by atoms with Gasteiger partial charge in [-0.2, -0.15) is 0 Å². The van der Waals surface area contributed by atoms with Crippen molar-refractivity contribution in [2.45, 2.75) is 24.2 Å². The number of benzene rings is 2. The summed E-state index contributed by atoms with van der Waals surface area (Å²) in [4.78, 5) is 16.7. The summed E-state index contributed by atoms with van der Waals surface area (Å²) >= 11 is 7.13. The molecule has 0 radical (unpaired) electrons. The molecule has 0 spiro atoms. The van der Waals surface area contributed by atoms with E-state index in [0.29, 0.717) is 28.4 Å². The lowest BCUT2D eigenvalue weighted by Gasteiger charge is -2.26. The summed E-state index contributed by atoms with van der Waals surface area (Å²) in [6, 6.07) is 14.8. The van der Waals surface area contributed by atoms with Gasteiger partial charge in [-0.15, -0.1) is 5.10 Å². The van der Waals surface area contributed by atoms with Gasteiger partial charge in [0.25, 0.3) is 0 Å². The number of thioether (sulfide) groups is 1. The summed E-state index contributed by atoms with van der Waals surface area (Å²) in [5.74, 6) is 2.27. The molecule has 7 nitrogen and oxygen atoms in total. The van der Waals surface area contributed by atoms with E-state index in [2.05, 4.69) is 20.5 Å². The van der Waals surface area contributed by atoms with Crippen LogP contribution in [0.3, 0.4) is 0 Å². The Kier molecular flexibility index (Phi) is 6.21. The first-order valence-electron chi connectivity index (χ1n) is 9.11. The lowest BCUT2D eigenvalue weighted by molar-refractivity contribution is -0.119. The minimum Gasteiger partial charge on any atom is -0.493 e. The molecule has 1 atom stereocenters. The third-order valence-corrected chi connectivity index (χ3v) is 5.43. The van der Waals surface area contributed by atoms with Crippen LogP contribution in [0.5, 0.6) is 11.5 Å². The van der Waals surface area contributed by atoms with Gasteiger partial charge in [-0.1, -0.05) is 41.6 Å². The average Bonchev–Trinajstić information content (AvgIpc) is 3.20. The fourth-order valence-electron chi connectivity index (χ4n) is 2.95. The van der Waals surface area contributed by atoms with Gasteiger partial charge in [0.2, 0.25) is 11.1 Å². The van der Waals surface area contributed by atoms with Gasteiger partial charge in [0.05, 0.1) is 18.4 Å². The number of carbonyl (C=O) groups is 1. The fourth-order valence-corrected chi connectivity index (χ4v) is 3.70. The number of H-pyrrole nitrogens is 1. The van der Waals surface area contributed by atoms with E-state index < -0.39 is 0 Å². The maximum atomic E-state index is 12.4. The van der Waals surface area contributed by atoms with Gasteiger partial charge in [-0.05, 0) is 30.3 Å². The SMILES string of the molecule is O=C(CSc1n[nH]c(COc2ccc(Cl)cc2)n1)N[C@H]1CCOc2ccccc21. The monoisotopic (exact) mass is 430 g/mol. The van der Waals surface area contributed by atoms with Crippen LogP contribution in [0, 0.1) is 0 Å². The van der Waals surface area contributed by atoms with E-state index in [1.807, 2.05) is 24.3 Å². The molecule has 4 rings (SSSR count). The third kappa shape index (κ3) is 5.21. The van der Waals surface area contributed by atoms with Crippen molar-refractivity contribution in [3.8, 4) is 11.5 Å². The van der Waals surface area contributed by atoms with E-state index in [4.69, 9.17) is 21.1 Å². The Morgan fingerprint density at radius 2 is 2.10 bits per heavy atom. The largest absolute Gasteiger partial charge is 0.493 e. The van der Waals surface area contributed by atoms with Crippen molar-refractivity contribution >= 4 is 29.3 Å². The molecular formula is C20H19ClN4O3S. The highest BCUT2D eigenvalue weighted by Crippen LogP contribution is 2.31. The van der Waals surface area contributed by atoms with Gasteiger partial charge >= 0.3 is 0 Å². The first-order valence-corrected chi connectivity index (χ1v) is 10.5. The molecule has 150 valence electrons. The van der Waals surface area contributed by atoms with E-state index in [9.17, 15) is 4.79 Å². The van der Waals surface area contributed by atoms with Gasteiger partial charge < -0.3 is 14.8 Å². The van der Waals surface area contributed by atoms with Crippen LogP contribution in [-0.4, -0.2) is 33.4 Å². The first kappa shape index (κ1) is 19.6. The zero-order valence-electron chi connectivity index (χ0n) is 15.4. The Morgan fingerprint density at radius 3 is 2.97 bits per heavy atom. The van der Waals surface area contributed by atoms with Crippen LogP contribution in [0.25, 0.3) is 0 Å². The Morgan fingerprint density at radius 1 is 1.28 bits per heavy atom. The maximum Gasteiger partial charge on any atom is 0.230 e. The Bertz CT molecular complexity index is 980. The molecule has 29 heavy (non-hydrogen) atoms. The molecule has 3 aromatic rings. The first-order chi connectivity index (χ1) is 14.2. The molecular weight excluding hydrogens is 412 g/mol. The van der Waals surface area contributed by atoms with Gasteiger partial charge in [0.15, 0.2) is 5.82 Å². The number of nitrogens with zero attached hydrogens (tertiary/aromatic N) is 2. The Balaban J connectivity index is 1.25. The number of nitrogens with one attached hydrogen (secondary N) is 2. The molecule has 0 saturated heterocycles. The minimum absolute atomic E-state index is 0.0384. The number of carbonyl (C=O) groups excluding carboxylic acids is 1. The normalized spacial score (nSPS) is 15.3. The highest BCUT2D eigenvalue weighted by Gasteiger charge is 2.22. The Labute approximate surface area is 177 Å². The Hall–Kier alpha value is -2.71. The summed E-state index contributed by atoms with van der Waals surface area (Å²) in [6.07, 6.45) is 0.750. The number of amides is 1. The quantitative estimate of drug-likeness (QED) is 0.554.